The Balaban J connectivity index is 1.87. The molecular weight excluding hydrogens is 404 g/mol. The van der Waals surface area contributed by atoms with E-state index in [9.17, 15) is 9.59 Å². The van der Waals surface area contributed by atoms with E-state index in [1.807, 2.05) is 18.5 Å². The zero-order valence-corrected chi connectivity index (χ0v) is 20.0. The Kier molecular flexibility index (Phi) is 6.96. The van der Waals surface area contributed by atoms with Crippen LogP contribution in [-0.4, -0.2) is 39.3 Å². The van der Waals surface area contributed by atoms with Crippen LogP contribution in [0.2, 0.25) is 0 Å². The number of ether oxygens (including phenoxy) is 1. The van der Waals surface area contributed by atoms with Crippen LogP contribution < -0.4 is 5.32 Å². The van der Waals surface area contributed by atoms with Gasteiger partial charge in [-0.3, -0.25) is 4.79 Å². The average Bonchev–Trinajstić information content (AvgIpc) is 3.06. The maximum absolute atomic E-state index is 12.4. The number of carbonyl (C=O) groups excluding carboxylic acids is 2. The minimum absolute atomic E-state index is 0.188. The lowest BCUT2D eigenvalue weighted by molar-refractivity contribution is -0.146. The lowest BCUT2D eigenvalue weighted by Gasteiger charge is -2.14. The number of nitrogens with zero attached hydrogens (tertiary/aromatic N) is 3. The number of esters is 1. The number of hydrogen-bond acceptors (Lipinski definition) is 5. The molecule has 0 bridgehead atoms. The summed E-state index contributed by atoms with van der Waals surface area (Å²) in [6.45, 7) is 13.9. The molecule has 0 aliphatic rings. The molecule has 0 radical (unpaired) electrons. The highest BCUT2D eigenvalue weighted by atomic mass is 16.5. The number of carbonyl (C=O) groups is 2. The fourth-order valence-electron chi connectivity index (χ4n) is 3.99. The van der Waals surface area contributed by atoms with E-state index in [1.165, 1.54) is 11.1 Å². The van der Waals surface area contributed by atoms with Crippen molar-refractivity contribution < 1.29 is 14.3 Å². The summed E-state index contributed by atoms with van der Waals surface area (Å²) in [7, 11) is 0. The third-order valence-electron chi connectivity index (χ3n) is 5.93. The molecule has 0 aliphatic carbocycles. The molecule has 7 heteroatoms. The minimum atomic E-state index is -0.663. The van der Waals surface area contributed by atoms with Crippen molar-refractivity contribution in [1.29, 1.82) is 0 Å². The number of rotatable bonds is 7. The van der Waals surface area contributed by atoms with Crippen molar-refractivity contribution in [2.75, 3.05) is 6.61 Å². The second-order valence-electron chi connectivity index (χ2n) is 8.31. The van der Waals surface area contributed by atoms with Gasteiger partial charge in [0.05, 0.1) is 18.0 Å². The van der Waals surface area contributed by atoms with Crippen LogP contribution in [0.25, 0.3) is 16.7 Å². The topological polar surface area (TPSA) is 86.1 Å². The summed E-state index contributed by atoms with van der Waals surface area (Å²) in [6, 6.07) is 5.61. The van der Waals surface area contributed by atoms with Gasteiger partial charge in [-0.2, -0.15) is 5.10 Å². The van der Waals surface area contributed by atoms with Gasteiger partial charge in [-0.25, -0.2) is 14.5 Å². The SMILES string of the molecule is CCOC(=O)C(C)NC(=O)CCc1c(C)nc2c(c(C)nn2-c2ccc(C)c(C)c2)c1C. The summed E-state index contributed by atoms with van der Waals surface area (Å²) >= 11 is 0. The fourth-order valence-corrected chi connectivity index (χ4v) is 3.99. The van der Waals surface area contributed by atoms with Gasteiger partial charge >= 0.3 is 5.97 Å². The molecule has 1 amide bonds. The van der Waals surface area contributed by atoms with Crippen molar-refractivity contribution in [2.45, 2.75) is 67.3 Å². The first-order valence-corrected chi connectivity index (χ1v) is 11.0. The highest BCUT2D eigenvalue weighted by Crippen LogP contribution is 2.28. The quantitative estimate of drug-likeness (QED) is 0.567. The summed E-state index contributed by atoms with van der Waals surface area (Å²) in [4.78, 5) is 29.0. The number of aromatic nitrogens is 3. The number of pyridine rings is 1. The van der Waals surface area contributed by atoms with Crippen LogP contribution in [-0.2, 0) is 20.7 Å². The first-order chi connectivity index (χ1) is 15.1. The van der Waals surface area contributed by atoms with E-state index in [0.29, 0.717) is 6.42 Å². The van der Waals surface area contributed by atoms with E-state index < -0.39 is 12.0 Å². The van der Waals surface area contributed by atoms with Crippen molar-refractivity contribution in [2.24, 2.45) is 0 Å². The molecule has 1 N–H and O–H groups in total. The molecule has 3 aromatic rings. The number of amides is 1. The standard InChI is InChI=1S/C25H32N4O3/c1-8-32-25(31)19(7)26-22(30)12-11-21-16(4)23-18(6)28-29(24(23)27-17(21)5)20-10-9-14(2)15(3)13-20/h9-10,13,19H,8,11-12H2,1-7H3,(H,26,30). The molecule has 7 nitrogen and oxygen atoms in total. The molecule has 3 rings (SSSR count). The maximum atomic E-state index is 12.4. The van der Waals surface area contributed by atoms with Crippen molar-refractivity contribution >= 4 is 22.9 Å². The van der Waals surface area contributed by atoms with Gasteiger partial charge in [0.15, 0.2) is 5.65 Å². The Hall–Kier alpha value is -3.22. The van der Waals surface area contributed by atoms with E-state index >= 15 is 0 Å². The molecule has 2 aromatic heterocycles. The van der Waals surface area contributed by atoms with E-state index in [0.717, 1.165) is 39.2 Å². The molecule has 1 atom stereocenters. The monoisotopic (exact) mass is 436 g/mol. The van der Waals surface area contributed by atoms with E-state index in [1.54, 1.807) is 13.8 Å². The molecule has 0 aliphatic heterocycles. The van der Waals surface area contributed by atoms with Crippen molar-refractivity contribution in [3.63, 3.8) is 0 Å². The zero-order valence-electron chi connectivity index (χ0n) is 20.0. The highest BCUT2D eigenvalue weighted by molar-refractivity contribution is 5.86. The van der Waals surface area contributed by atoms with Crippen LogP contribution in [0, 0.1) is 34.6 Å². The van der Waals surface area contributed by atoms with Gasteiger partial charge in [0, 0.05) is 17.5 Å². The van der Waals surface area contributed by atoms with Crippen LogP contribution in [0.15, 0.2) is 18.2 Å². The fraction of sp³-hybridized carbons (Fsp3) is 0.440. The highest BCUT2D eigenvalue weighted by Gasteiger charge is 2.20. The van der Waals surface area contributed by atoms with Crippen LogP contribution >= 0.6 is 0 Å². The predicted molar refractivity (Wildman–Crippen MR) is 125 cm³/mol. The normalized spacial score (nSPS) is 12.1. The summed E-state index contributed by atoms with van der Waals surface area (Å²) in [6.07, 6.45) is 0.805. The van der Waals surface area contributed by atoms with E-state index in [4.69, 9.17) is 14.8 Å². The van der Waals surface area contributed by atoms with E-state index in [2.05, 4.69) is 44.3 Å². The Labute approximate surface area is 189 Å². The minimum Gasteiger partial charge on any atom is -0.464 e. The molecule has 0 spiro atoms. The molecule has 170 valence electrons. The number of aryl methyl sites for hydroxylation is 5. The van der Waals surface area contributed by atoms with E-state index in [-0.39, 0.29) is 18.9 Å². The van der Waals surface area contributed by atoms with Gasteiger partial charge in [0.2, 0.25) is 5.91 Å². The van der Waals surface area contributed by atoms with Gasteiger partial charge in [0.25, 0.3) is 0 Å². The zero-order chi connectivity index (χ0) is 23.6. The largest absolute Gasteiger partial charge is 0.464 e. The maximum Gasteiger partial charge on any atom is 0.328 e. The Morgan fingerprint density at radius 2 is 1.81 bits per heavy atom. The number of hydrogen-bond donors (Lipinski definition) is 1. The van der Waals surface area contributed by atoms with Crippen molar-refractivity contribution in [3.05, 3.63) is 51.8 Å². The molecule has 32 heavy (non-hydrogen) atoms. The Bertz CT molecular complexity index is 1180. The van der Waals surface area contributed by atoms with Crippen LogP contribution in [0.1, 0.15) is 53.9 Å². The van der Waals surface area contributed by atoms with Crippen LogP contribution in [0.4, 0.5) is 0 Å². The van der Waals surface area contributed by atoms with Gasteiger partial charge in [-0.15, -0.1) is 0 Å². The molecule has 1 unspecified atom stereocenters. The molecule has 0 saturated heterocycles. The molecule has 1 aromatic carbocycles. The van der Waals surface area contributed by atoms with Gasteiger partial charge < -0.3 is 10.1 Å². The lowest BCUT2D eigenvalue weighted by atomic mass is 9.99. The number of benzene rings is 1. The second kappa shape index (κ2) is 9.51. The molecule has 2 heterocycles. The molecule has 0 saturated carbocycles. The summed E-state index contributed by atoms with van der Waals surface area (Å²) in [5, 5.41) is 8.49. The average molecular weight is 437 g/mol. The number of fused-ring (bicyclic) bond motifs is 1. The van der Waals surface area contributed by atoms with Gasteiger partial charge in [0.1, 0.15) is 6.04 Å². The Morgan fingerprint density at radius 1 is 1.09 bits per heavy atom. The summed E-state index contributed by atoms with van der Waals surface area (Å²) < 4.78 is 6.84. The van der Waals surface area contributed by atoms with Gasteiger partial charge in [-0.1, -0.05) is 6.07 Å². The second-order valence-corrected chi connectivity index (χ2v) is 8.31. The molecule has 0 fully saturated rings. The third kappa shape index (κ3) is 4.66. The van der Waals surface area contributed by atoms with Crippen LogP contribution in [0.3, 0.4) is 0 Å². The van der Waals surface area contributed by atoms with Crippen LogP contribution in [0.5, 0.6) is 0 Å². The van der Waals surface area contributed by atoms with Crippen molar-refractivity contribution in [1.82, 2.24) is 20.1 Å². The first kappa shape index (κ1) is 23.4. The van der Waals surface area contributed by atoms with Gasteiger partial charge in [-0.05, 0) is 89.3 Å². The molecular formula is C25H32N4O3. The van der Waals surface area contributed by atoms with Crippen molar-refractivity contribution in [3.8, 4) is 5.69 Å². The first-order valence-electron chi connectivity index (χ1n) is 11.0. The Morgan fingerprint density at radius 3 is 2.47 bits per heavy atom. The lowest BCUT2D eigenvalue weighted by Crippen LogP contribution is -2.39. The summed E-state index contributed by atoms with van der Waals surface area (Å²) in [5.41, 5.74) is 8.17. The predicted octanol–water partition coefficient (Wildman–Crippen LogP) is 3.96. The summed E-state index contributed by atoms with van der Waals surface area (Å²) in [5.74, 6) is -0.613. The smallest absolute Gasteiger partial charge is 0.328 e. The third-order valence-corrected chi connectivity index (χ3v) is 5.93. The number of nitrogens with one attached hydrogen (secondary N) is 1.